The van der Waals surface area contributed by atoms with Crippen LogP contribution < -0.4 is 20.7 Å². The highest BCUT2D eigenvalue weighted by atomic mass is 35.5. The van der Waals surface area contributed by atoms with E-state index in [9.17, 15) is 4.79 Å². The van der Waals surface area contributed by atoms with E-state index in [4.69, 9.17) is 40.2 Å². The Balaban J connectivity index is 1.33. The van der Waals surface area contributed by atoms with E-state index in [1.54, 1.807) is 42.5 Å². The Morgan fingerprint density at radius 3 is 2.33 bits per heavy atom. The van der Waals surface area contributed by atoms with E-state index in [1.165, 1.54) is 5.56 Å². The molecule has 4 rings (SSSR count). The van der Waals surface area contributed by atoms with Gasteiger partial charge in [0.15, 0.2) is 5.11 Å². The van der Waals surface area contributed by atoms with Gasteiger partial charge >= 0.3 is 0 Å². The third-order valence-electron chi connectivity index (χ3n) is 5.87. The molecule has 9 nitrogen and oxygen atoms in total. The summed E-state index contributed by atoms with van der Waals surface area (Å²) >= 11 is 17.7. The van der Waals surface area contributed by atoms with Gasteiger partial charge in [-0.05, 0) is 70.5 Å². The number of nitrogens with zero attached hydrogens (tertiary/aromatic N) is 4. The molecule has 12 heteroatoms. The Bertz CT molecular complexity index is 1390. The Morgan fingerprint density at radius 1 is 0.949 bits per heavy atom. The van der Waals surface area contributed by atoms with Crippen molar-refractivity contribution in [3.05, 3.63) is 87.9 Å². The van der Waals surface area contributed by atoms with Gasteiger partial charge in [0.05, 0.1) is 11.4 Å². The van der Waals surface area contributed by atoms with Crippen LogP contribution in [-0.2, 0) is 10.5 Å². The monoisotopic (exact) mass is 583 g/mol. The van der Waals surface area contributed by atoms with Crippen LogP contribution in [-0.4, -0.2) is 24.1 Å². The first-order valence-corrected chi connectivity index (χ1v) is 13.4. The number of thiocarbonyl (C=S) groups is 1. The third kappa shape index (κ3) is 7.50. The minimum absolute atomic E-state index is 0.125. The van der Waals surface area contributed by atoms with Crippen LogP contribution >= 0.6 is 35.4 Å². The normalized spacial score (nSPS) is 13.4. The van der Waals surface area contributed by atoms with Crippen LogP contribution in [0.4, 0.5) is 5.69 Å². The summed E-state index contributed by atoms with van der Waals surface area (Å²) in [5, 5.41) is 26.1. The second-order valence-corrected chi connectivity index (χ2v) is 10.3. The molecule has 0 fully saturated rings. The number of hydrogen-bond acceptors (Lipinski definition) is 7. The Morgan fingerprint density at radius 2 is 1.64 bits per heavy atom. The van der Waals surface area contributed by atoms with Crippen LogP contribution in [0.3, 0.4) is 0 Å². The second-order valence-electron chi connectivity index (χ2n) is 9.05. The maximum absolute atomic E-state index is 12.9. The SMILES string of the molecule is CC(C)c1ccc(NC(=S)NCCNC(=O)CC2(c3ccccc3Oc3ccc(Cl)cc3Cl)N=NN=N2)cc1. The molecule has 0 saturated carbocycles. The lowest BCUT2D eigenvalue weighted by atomic mass is 9.96. The molecule has 1 aliphatic rings. The van der Waals surface area contributed by atoms with Crippen LogP contribution in [0.5, 0.6) is 11.5 Å². The predicted octanol–water partition coefficient (Wildman–Crippen LogP) is 7.39. The highest BCUT2D eigenvalue weighted by Gasteiger charge is 2.40. The number of para-hydroxylation sites is 1. The molecule has 0 atom stereocenters. The van der Waals surface area contributed by atoms with E-state index >= 15 is 0 Å². The van der Waals surface area contributed by atoms with E-state index in [-0.39, 0.29) is 12.3 Å². The molecule has 0 aliphatic carbocycles. The van der Waals surface area contributed by atoms with Crippen LogP contribution in [0.2, 0.25) is 10.0 Å². The topological polar surface area (TPSA) is 112 Å². The first-order chi connectivity index (χ1) is 18.8. The van der Waals surface area contributed by atoms with Crippen molar-refractivity contribution in [3.63, 3.8) is 0 Å². The largest absolute Gasteiger partial charge is 0.455 e. The lowest BCUT2D eigenvalue weighted by Crippen LogP contribution is -2.38. The van der Waals surface area contributed by atoms with Crippen LogP contribution in [0.25, 0.3) is 0 Å². The number of halogens is 2. The van der Waals surface area contributed by atoms with Gasteiger partial charge in [0.25, 0.3) is 0 Å². The highest BCUT2D eigenvalue weighted by Crippen LogP contribution is 2.43. The summed E-state index contributed by atoms with van der Waals surface area (Å²) in [6.45, 7) is 5.04. The smallest absolute Gasteiger partial charge is 0.232 e. The molecular weight excluding hydrogens is 557 g/mol. The van der Waals surface area contributed by atoms with Crippen molar-refractivity contribution in [2.45, 2.75) is 31.8 Å². The van der Waals surface area contributed by atoms with Gasteiger partial charge in [0.2, 0.25) is 11.6 Å². The molecule has 1 amide bonds. The fourth-order valence-corrected chi connectivity index (χ4v) is 4.50. The van der Waals surface area contributed by atoms with E-state index in [1.807, 2.05) is 12.1 Å². The van der Waals surface area contributed by atoms with Crippen molar-refractivity contribution < 1.29 is 9.53 Å². The molecule has 3 aromatic rings. The summed E-state index contributed by atoms with van der Waals surface area (Å²) < 4.78 is 6.05. The van der Waals surface area contributed by atoms with Gasteiger partial charge in [-0.2, -0.15) is 0 Å². The zero-order valence-corrected chi connectivity index (χ0v) is 23.6. The molecule has 3 N–H and O–H groups in total. The van der Waals surface area contributed by atoms with Gasteiger partial charge in [-0.15, -0.1) is 10.2 Å². The number of benzene rings is 3. The second kappa shape index (κ2) is 13.0. The van der Waals surface area contributed by atoms with Crippen molar-refractivity contribution in [1.82, 2.24) is 10.6 Å². The zero-order chi connectivity index (χ0) is 27.8. The lowest BCUT2D eigenvalue weighted by molar-refractivity contribution is -0.122. The molecule has 0 radical (unpaired) electrons. The Hall–Kier alpha value is -3.60. The molecule has 3 aromatic carbocycles. The molecule has 0 aromatic heterocycles. The average Bonchev–Trinajstić information content (AvgIpc) is 3.38. The van der Waals surface area contributed by atoms with E-state index in [0.717, 1.165) is 5.69 Å². The molecule has 0 unspecified atom stereocenters. The maximum atomic E-state index is 12.9. The van der Waals surface area contributed by atoms with Gasteiger partial charge < -0.3 is 20.7 Å². The molecule has 1 heterocycles. The number of rotatable bonds is 10. The minimum Gasteiger partial charge on any atom is -0.455 e. The quantitative estimate of drug-likeness (QED) is 0.170. The average molecular weight is 585 g/mol. The molecule has 0 spiro atoms. The molecule has 1 aliphatic heterocycles. The lowest BCUT2D eigenvalue weighted by Gasteiger charge is -2.22. The molecule has 202 valence electrons. The number of carbonyl (C=O) groups is 1. The van der Waals surface area contributed by atoms with E-state index in [2.05, 4.69) is 62.6 Å². The molecule has 0 bridgehead atoms. The summed E-state index contributed by atoms with van der Waals surface area (Å²) in [6.07, 6.45) is -0.125. The van der Waals surface area contributed by atoms with Gasteiger partial charge in [0, 0.05) is 29.4 Å². The number of anilines is 1. The zero-order valence-electron chi connectivity index (χ0n) is 21.3. The predicted molar refractivity (Wildman–Crippen MR) is 157 cm³/mol. The first kappa shape index (κ1) is 28.4. The van der Waals surface area contributed by atoms with Gasteiger partial charge in [-0.25, -0.2) is 0 Å². The van der Waals surface area contributed by atoms with Crippen molar-refractivity contribution >= 4 is 52.1 Å². The summed E-state index contributed by atoms with van der Waals surface area (Å²) in [6, 6.07) is 20.1. The molecular formula is C27H27Cl2N7O2S. The summed E-state index contributed by atoms with van der Waals surface area (Å²) in [4.78, 5) is 12.9. The number of hydrogen-bond donors (Lipinski definition) is 3. The number of ether oxygens (including phenoxy) is 1. The van der Waals surface area contributed by atoms with Crippen molar-refractivity contribution in [3.8, 4) is 11.5 Å². The third-order valence-corrected chi connectivity index (χ3v) is 6.64. The van der Waals surface area contributed by atoms with Gasteiger partial charge in [-0.1, -0.05) is 67.4 Å². The first-order valence-electron chi connectivity index (χ1n) is 12.2. The summed E-state index contributed by atoms with van der Waals surface area (Å²) in [7, 11) is 0. The van der Waals surface area contributed by atoms with E-state index < -0.39 is 5.66 Å². The Labute approximate surface area is 242 Å². The fraction of sp³-hybridized carbons (Fsp3) is 0.259. The summed E-state index contributed by atoms with van der Waals surface area (Å²) in [5.74, 6) is 0.974. The minimum atomic E-state index is -1.37. The van der Waals surface area contributed by atoms with Crippen LogP contribution in [0, 0.1) is 0 Å². The molecule has 0 saturated heterocycles. The standard InChI is InChI=1S/C27H27Cl2N7O2S/c1-17(2)18-7-10-20(11-8-18)32-26(39)31-14-13-30-25(37)16-27(33-35-36-34-27)21-5-3-4-6-23(21)38-24-12-9-19(28)15-22(24)29/h3-12,15,17H,13-14,16H2,1-2H3,(H,30,37)(H2,31,32,39). The number of amides is 1. The Kier molecular flexibility index (Phi) is 9.45. The van der Waals surface area contributed by atoms with Crippen LogP contribution in [0.1, 0.15) is 37.3 Å². The summed E-state index contributed by atoms with van der Waals surface area (Å²) in [5.41, 5.74) is 1.29. The fourth-order valence-electron chi connectivity index (χ4n) is 3.84. The number of carbonyl (C=O) groups excluding carboxylic acids is 1. The molecule has 39 heavy (non-hydrogen) atoms. The van der Waals surface area contributed by atoms with Crippen molar-refractivity contribution in [2.24, 2.45) is 20.7 Å². The van der Waals surface area contributed by atoms with Crippen molar-refractivity contribution in [1.29, 1.82) is 0 Å². The maximum Gasteiger partial charge on any atom is 0.232 e. The van der Waals surface area contributed by atoms with Crippen LogP contribution in [0.15, 0.2) is 87.4 Å². The van der Waals surface area contributed by atoms with Gasteiger partial charge in [0.1, 0.15) is 11.5 Å². The highest BCUT2D eigenvalue weighted by molar-refractivity contribution is 7.80. The van der Waals surface area contributed by atoms with Crippen molar-refractivity contribution in [2.75, 3.05) is 18.4 Å². The van der Waals surface area contributed by atoms with Gasteiger partial charge in [-0.3, -0.25) is 4.79 Å². The van der Waals surface area contributed by atoms with E-state index in [0.29, 0.717) is 51.2 Å². The number of nitrogens with one attached hydrogen (secondary N) is 3.